The molecule has 2 rings (SSSR count). The first kappa shape index (κ1) is 16.7. The summed E-state index contributed by atoms with van der Waals surface area (Å²) >= 11 is 0. The molecule has 22 heavy (non-hydrogen) atoms. The maximum Gasteiger partial charge on any atom is 0.328 e. The van der Waals surface area contributed by atoms with E-state index in [-0.39, 0.29) is 17.5 Å². The Labute approximate surface area is 129 Å². The molecular formula is C15H19NO5S. The normalized spacial score (nSPS) is 18.9. The first-order valence-corrected chi connectivity index (χ1v) is 8.50. The minimum absolute atomic E-state index is 0.0785. The Morgan fingerprint density at radius 1 is 1.50 bits per heavy atom. The molecule has 1 aliphatic rings. The molecular weight excluding hydrogens is 306 g/mol. The van der Waals surface area contributed by atoms with Gasteiger partial charge in [0.05, 0.1) is 11.0 Å². The maximum absolute atomic E-state index is 12.4. The zero-order valence-electron chi connectivity index (χ0n) is 12.3. The third-order valence-electron chi connectivity index (χ3n) is 3.45. The van der Waals surface area contributed by atoms with Gasteiger partial charge in [-0.2, -0.15) is 0 Å². The first-order chi connectivity index (χ1) is 10.4. The highest BCUT2D eigenvalue weighted by atomic mass is 32.2. The summed E-state index contributed by atoms with van der Waals surface area (Å²) in [7, 11) is -3.65. The molecule has 1 fully saturated rings. The molecule has 1 aromatic rings. The topological polar surface area (TPSA) is 92.7 Å². The van der Waals surface area contributed by atoms with Crippen molar-refractivity contribution < 1.29 is 23.1 Å². The average molecular weight is 325 g/mol. The van der Waals surface area contributed by atoms with E-state index in [1.54, 1.807) is 19.1 Å². The number of ether oxygens (including phenoxy) is 1. The third kappa shape index (κ3) is 4.40. The SMILES string of the molecule is Cc1ccc(/C=C/C(=O)O)cc1S(=O)(=O)NCC1CCCO1. The van der Waals surface area contributed by atoms with Crippen molar-refractivity contribution in [1.82, 2.24) is 4.72 Å². The van der Waals surface area contributed by atoms with Crippen LogP contribution in [0.5, 0.6) is 0 Å². The monoisotopic (exact) mass is 325 g/mol. The largest absolute Gasteiger partial charge is 0.478 e. The van der Waals surface area contributed by atoms with Crippen molar-refractivity contribution in [2.75, 3.05) is 13.2 Å². The number of hydrogen-bond acceptors (Lipinski definition) is 4. The predicted octanol–water partition coefficient (Wildman–Crippen LogP) is 1.55. The molecule has 0 aromatic heterocycles. The van der Waals surface area contributed by atoms with Gasteiger partial charge in [0.15, 0.2) is 0 Å². The van der Waals surface area contributed by atoms with Crippen molar-refractivity contribution in [3.05, 3.63) is 35.4 Å². The molecule has 2 N–H and O–H groups in total. The highest BCUT2D eigenvalue weighted by Crippen LogP contribution is 2.19. The van der Waals surface area contributed by atoms with Crippen LogP contribution < -0.4 is 4.72 Å². The Balaban J connectivity index is 2.17. The Hall–Kier alpha value is -1.70. The van der Waals surface area contributed by atoms with Gasteiger partial charge < -0.3 is 9.84 Å². The second-order valence-corrected chi connectivity index (χ2v) is 6.92. The highest BCUT2D eigenvalue weighted by Gasteiger charge is 2.21. The second-order valence-electron chi connectivity index (χ2n) is 5.18. The van der Waals surface area contributed by atoms with Gasteiger partial charge in [-0.25, -0.2) is 17.9 Å². The molecule has 1 atom stereocenters. The van der Waals surface area contributed by atoms with E-state index >= 15 is 0 Å². The van der Waals surface area contributed by atoms with Crippen LogP contribution in [0.1, 0.15) is 24.0 Å². The smallest absolute Gasteiger partial charge is 0.328 e. The molecule has 0 saturated carbocycles. The zero-order chi connectivity index (χ0) is 16.2. The number of rotatable bonds is 6. The lowest BCUT2D eigenvalue weighted by Gasteiger charge is -2.13. The van der Waals surface area contributed by atoms with Crippen LogP contribution in [0.2, 0.25) is 0 Å². The van der Waals surface area contributed by atoms with Crippen LogP contribution in [0.3, 0.4) is 0 Å². The molecule has 0 spiro atoms. The predicted molar refractivity (Wildman–Crippen MR) is 82.0 cm³/mol. The zero-order valence-corrected chi connectivity index (χ0v) is 13.1. The number of aryl methyl sites for hydroxylation is 1. The minimum Gasteiger partial charge on any atom is -0.478 e. The molecule has 0 radical (unpaired) electrons. The van der Waals surface area contributed by atoms with Crippen molar-refractivity contribution in [3.63, 3.8) is 0 Å². The van der Waals surface area contributed by atoms with Gasteiger partial charge in [0.25, 0.3) is 0 Å². The van der Waals surface area contributed by atoms with E-state index in [0.717, 1.165) is 18.9 Å². The number of nitrogens with one attached hydrogen (secondary N) is 1. The summed E-state index contributed by atoms with van der Waals surface area (Å²) in [5.74, 6) is -1.08. The fourth-order valence-corrected chi connectivity index (χ4v) is 3.61. The number of benzene rings is 1. The van der Waals surface area contributed by atoms with E-state index in [2.05, 4.69) is 4.72 Å². The van der Waals surface area contributed by atoms with Crippen molar-refractivity contribution in [3.8, 4) is 0 Å². The van der Waals surface area contributed by atoms with E-state index in [4.69, 9.17) is 9.84 Å². The summed E-state index contributed by atoms with van der Waals surface area (Å²) < 4.78 is 32.7. The van der Waals surface area contributed by atoms with E-state index in [9.17, 15) is 13.2 Å². The molecule has 120 valence electrons. The molecule has 1 saturated heterocycles. The average Bonchev–Trinajstić information content (AvgIpc) is 2.97. The Kier molecular flexibility index (Phi) is 5.33. The van der Waals surface area contributed by atoms with Crippen LogP contribution in [0.4, 0.5) is 0 Å². The molecule has 0 bridgehead atoms. The van der Waals surface area contributed by atoms with Gasteiger partial charge in [-0.1, -0.05) is 12.1 Å². The Bertz CT molecular complexity index is 675. The summed E-state index contributed by atoms with van der Waals surface area (Å²) in [5.41, 5.74) is 1.12. The summed E-state index contributed by atoms with van der Waals surface area (Å²) in [6.45, 7) is 2.61. The molecule has 1 aliphatic heterocycles. The number of hydrogen-bond donors (Lipinski definition) is 2. The Morgan fingerprint density at radius 2 is 2.27 bits per heavy atom. The second kappa shape index (κ2) is 7.04. The number of carbonyl (C=O) groups is 1. The fraction of sp³-hybridized carbons (Fsp3) is 0.400. The summed E-state index contributed by atoms with van der Waals surface area (Å²) in [4.78, 5) is 10.7. The molecule has 0 amide bonds. The molecule has 7 heteroatoms. The first-order valence-electron chi connectivity index (χ1n) is 7.01. The van der Waals surface area contributed by atoms with E-state index in [1.807, 2.05) is 0 Å². The van der Waals surface area contributed by atoms with Crippen LogP contribution in [0, 0.1) is 6.92 Å². The minimum atomic E-state index is -3.65. The van der Waals surface area contributed by atoms with Gasteiger partial charge >= 0.3 is 5.97 Å². The standard InChI is InChI=1S/C15H19NO5S/c1-11-4-5-12(6-7-15(17)18)9-14(11)22(19,20)16-10-13-3-2-8-21-13/h4-7,9,13,16H,2-3,8,10H2,1H3,(H,17,18)/b7-6+. The van der Waals surface area contributed by atoms with E-state index in [1.165, 1.54) is 12.1 Å². The van der Waals surface area contributed by atoms with E-state index < -0.39 is 16.0 Å². The molecule has 1 aromatic carbocycles. The number of aliphatic carboxylic acids is 1. The van der Waals surface area contributed by atoms with Crippen LogP contribution in [0.15, 0.2) is 29.2 Å². The molecule has 0 aliphatic carbocycles. The summed E-state index contributed by atoms with van der Waals surface area (Å²) in [6, 6.07) is 4.79. The van der Waals surface area contributed by atoms with Crippen molar-refractivity contribution in [2.24, 2.45) is 0 Å². The van der Waals surface area contributed by atoms with Gasteiger partial charge in [0, 0.05) is 19.2 Å². The molecule has 6 nitrogen and oxygen atoms in total. The van der Waals surface area contributed by atoms with Gasteiger partial charge in [0.1, 0.15) is 0 Å². The lowest BCUT2D eigenvalue weighted by atomic mass is 10.1. The molecule has 1 heterocycles. The van der Waals surface area contributed by atoms with Crippen LogP contribution in [0.25, 0.3) is 6.08 Å². The van der Waals surface area contributed by atoms with Crippen LogP contribution in [-0.4, -0.2) is 38.7 Å². The summed E-state index contributed by atoms with van der Waals surface area (Å²) in [5, 5.41) is 8.63. The fourth-order valence-electron chi connectivity index (χ4n) is 2.26. The quantitative estimate of drug-likeness (QED) is 0.774. The van der Waals surface area contributed by atoms with Crippen LogP contribution in [-0.2, 0) is 19.6 Å². The Morgan fingerprint density at radius 3 is 2.91 bits per heavy atom. The summed E-state index contributed by atoms with van der Waals surface area (Å²) in [6.07, 6.45) is 4.05. The lowest BCUT2D eigenvalue weighted by Crippen LogP contribution is -2.32. The third-order valence-corrected chi connectivity index (χ3v) is 5.01. The van der Waals surface area contributed by atoms with Gasteiger partial charge in [-0.15, -0.1) is 0 Å². The highest BCUT2D eigenvalue weighted by molar-refractivity contribution is 7.89. The molecule has 1 unspecified atom stereocenters. The number of carboxylic acid groups (broad SMARTS) is 1. The van der Waals surface area contributed by atoms with Crippen molar-refractivity contribution in [1.29, 1.82) is 0 Å². The number of carboxylic acids is 1. The maximum atomic E-state index is 12.4. The number of sulfonamides is 1. The van der Waals surface area contributed by atoms with E-state index in [0.29, 0.717) is 17.7 Å². The van der Waals surface area contributed by atoms with Gasteiger partial charge in [0.2, 0.25) is 10.0 Å². The van der Waals surface area contributed by atoms with Crippen LogP contribution >= 0.6 is 0 Å². The van der Waals surface area contributed by atoms with Crippen molar-refractivity contribution in [2.45, 2.75) is 30.8 Å². The van der Waals surface area contributed by atoms with Gasteiger partial charge in [-0.3, -0.25) is 0 Å². The lowest BCUT2D eigenvalue weighted by molar-refractivity contribution is -0.131. The van der Waals surface area contributed by atoms with Gasteiger partial charge in [-0.05, 0) is 43.0 Å². The van der Waals surface area contributed by atoms with Crippen molar-refractivity contribution >= 4 is 22.1 Å².